The lowest BCUT2D eigenvalue weighted by atomic mass is 10.0. The van der Waals surface area contributed by atoms with Crippen LogP contribution in [0.2, 0.25) is 0 Å². The summed E-state index contributed by atoms with van der Waals surface area (Å²) in [5, 5.41) is 3.52. The first kappa shape index (κ1) is 12.7. The summed E-state index contributed by atoms with van der Waals surface area (Å²) in [5.41, 5.74) is 5.76. The minimum absolute atomic E-state index is 0.0706. The number of hydrogen-bond acceptors (Lipinski definition) is 3. The van der Waals surface area contributed by atoms with Crippen molar-refractivity contribution in [1.29, 1.82) is 0 Å². The highest BCUT2D eigenvalue weighted by Crippen LogP contribution is 2.55. The van der Waals surface area contributed by atoms with Gasteiger partial charge < -0.3 is 11.1 Å². The van der Waals surface area contributed by atoms with E-state index in [1.165, 1.54) is 37.0 Å². The Morgan fingerprint density at radius 2 is 1.95 bits per heavy atom. The molecule has 3 N–H and O–H groups in total. The molecule has 2 fully saturated rings. The Morgan fingerprint density at radius 1 is 1.32 bits per heavy atom. The molecule has 1 heterocycles. The molecule has 102 valence electrons. The molecular weight excluding hydrogens is 260 g/mol. The lowest BCUT2D eigenvalue weighted by Crippen LogP contribution is -2.18. The molecule has 3 rings (SSSR count). The molecule has 4 nitrogen and oxygen atoms in total. The smallest absolute Gasteiger partial charge is 0.251 e. The van der Waals surface area contributed by atoms with Gasteiger partial charge in [-0.3, -0.25) is 9.59 Å². The SMILES string of the molecule is Cc1cc(C(N)=O)c(NC(=O)C2[C@@H]3CCCC[C@@H]23)s1. The number of carbonyl (C=O) groups excluding carboxylic acids is 2. The number of amides is 2. The van der Waals surface area contributed by atoms with Crippen LogP contribution in [0.15, 0.2) is 6.07 Å². The quantitative estimate of drug-likeness (QED) is 0.891. The Bertz CT molecular complexity index is 526. The molecule has 19 heavy (non-hydrogen) atoms. The molecule has 2 aliphatic rings. The second kappa shape index (κ2) is 4.63. The number of fused-ring (bicyclic) bond motifs is 1. The summed E-state index contributed by atoms with van der Waals surface area (Å²) < 4.78 is 0. The molecule has 2 amide bonds. The van der Waals surface area contributed by atoms with E-state index in [0.29, 0.717) is 22.4 Å². The van der Waals surface area contributed by atoms with Crippen molar-refractivity contribution < 1.29 is 9.59 Å². The van der Waals surface area contributed by atoms with Gasteiger partial charge in [-0.05, 0) is 37.7 Å². The first-order valence-electron chi connectivity index (χ1n) is 6.79. The summed E-state index contributed by atoms with van der Waals surface area (Å²) >= 11 is 1.42. The first-order valence-corrected chi connectivity index (χ1v) is 7.60. The molecule has 2 saturated carbocycles. The average molecular weight is 278 g/mol. The standard InChI is InChI=1S/C14H18N2O2S/c1-7-6-10(12(15)17)14(19-7)16-13(18)11-8-4-2-3-5-9(8)11/h6,8-9,11H,2-5H2,1H3,(H2,15,17)(H,16,18)/t8-,9-/m1/s1. The molecule has 1 aromatic heterocycles. The zero-order valence-corrected chi connectivity index (χ0v) is 11.8. The molecule has 0 aliphatic heterocycles. The monoisotopic (exact) mass is 278 g/mol. The number of carbonyl (C=O) groups is 2. The van der Waals surface area contributed by atoms with E-state index in [0.717, 1.165) is 4.88 Å². The lowest BCUT2D eigenvalue weighted by molar-refractivity contribution is -0.117. The molecule has 0 bridgehead atoms. The molecule has 0 spiro atoms. The van der Waals surface area contributed by atoms with E-state index in [1.807, 2.05) is 6.92 Å². The number of nitrogens with two attached hydrogens (primary N) is 1. The molecule has 0 unspecified atom stereocenters. The van der Waals surface area contributed by atoms with Crippen LogP contribution < -0.4 is 11.1 Å². The Hall–Kier alpha value is -1.36. The second-order valence-electron chi connectivity index (χ2n) is 5.59. The summed E-state index contributed by atoms with van der Waals surface area (Å²) in [5.74, 6) is 0.901. The fourth-order valence-corrected chi connectivity index (χ4v) is 4.29. The third-order valence-electron chi connectivity index (χ3n) is 4.32. The first-order chi connectivity index (χ1) is 9.08. The van der Waals surface area contributed by atoms with Gasteiger partial charge in [-0.15, -0.1) is 11.3 Å². The van der Waals surface area contributed by atoms with Crippen molar-refractivity contribution in [1.82, 2.24) is 0 Å². The summed E-state index contributed by atoms with van der Waals surface area (Å²) in [4.78, 5) is 24.6. The molecule has 0 saturated heterocycles. The average Bonchev–Trinajstić information content (AvgIpc) is 2.98. The number of primary amides is 1. The van der Waals surface area contributed by atoms with Gasteiger partial charge in [-0.1, -0.05) is 12.8 Å². The van der Waals surface area contributed by atoms with Crippen molar-refractivity contribution in [2.45, 2.75) is 32.6 Å². The number of anilines is 1. The van der Waals surface area contributed by atoms with Gasteiger partial charge in [-0.25, -0.2) is 0 Å². The molecule has 1 aromatic rings. The summed E-state index contributed by atoms with van der Waals surface area (Å²) in [7, 11) is 0. The van der Waals surface area contributed by atoms with E-state index in [1.54, 1.807) is 6.07 Å². The third kappa shape index (κ3) is 2.27. The van der Waals surface area contributed by atoms with Crippen LogP contribution in [0.4, 0.5) is 5.00 Å². The Balaban J connectivity index is 1.72. The van der Waals surface area contributed by atoms with Gasteiger partial charge in [-0.2, -0.15) is 0 Å². The third-order valence-corrected chi connectivity index (χ3v) is 5.28. The molecule has 0 aromatic carbocycles. The van der Waals surface area contributed by atoms with Crippen molar-refractivity contribution in [3.8, 4) is 0 Å². The molecular formula is C14H18N2O2S. The summed E-state index contributed by atoms with van der Waals surface area (Å²) in [6.45, 7) is 1.91. The normalized spacial score (nSPS) is 28.6. The van der Waals surface area contributed by atoms with Gasteiger partial charge in [0.05, 0.1) is 5.56 Å². The Labute approximate surface area is 116 Å². The maximum absolute atomic E-state index is 12.3. The molecule has 0 radical (unpaired) electrons. The topological polar surface area (TPSA) is 72.2 Å². The lowest BCUT2D eigenvalue weighted by Gasteiger charge is -2.04. The predicted molar refractivity (Wildman–Crippen MR) is 75.1 cm³/mol. The van der Waals surface area contributed by atoms with Crippen molar-refractivity contribution in [3.63, 3.8) is 0 Å². The van der Waals surface area contributed by atoms with Gasteiger partial charge in [0.15, 0.2) is 0 Å². The van der Waals surface area contributed by atoms with Gasteiger partial charge in [0.2, 0.25) is 5.91 Å². The highest BCUT2D eigenvalue weighted by molar-refractivity contribution is 7.16. The van der Waals surface area contributed by atoms with E-state index < -0.39 is 5.91 Å². The number of thiophene rings is 1. The number of hydrogen-bond donors (Lipinski definition) is 2. The minimum Gasteiger partial charge on any atom is -0.366 e. The van der Waals surface area contributed by atoms with Crippen LogP contribution in [0, 0.1) is 24.7 Å². The number of nitrogens with one attached hydrogen (secondary N) is 1. The molecule has 2 atom stereocenters. The Morgan fingerprint density at radius 3 is 2.53 bits per heavy atom. The fourth-order valence-electron chi connectivity index (χ4n) is 3.37. The van der Waals surface area contributed by atoms with Crippen LogP contribution in [0.3, 0.4) is 0 Å². The Kier molecular flexibility index (Phi) is 3.09. The van der Waals surface area contributed by atoms with Crippen LogP contribution in [-0.4, -0.2) is 11.8 Å². The second-order valence-corrected chi connectivity index (χ2v) is 6.85. The zero-order valence-electron chi connectivity index (χ0n) is 10.9. The van der Waals surface area contributed by atoms with Crippen molar-refractivity contribution in [2.24, 2.45) is 23.5 Å². The maximum atomic E-state index is 12.3. The number of aryl methyl sites for hydroxylation is 1. The van der Waals surface area contributed by atoms with Crippen LogP contribution in [0.1, 0.15) is 40.9 Å². The highest BCUT2D eigenvalue weighted by Gasteiger charge is 2.54. The van der Waals surface area contributed by atoms with E-state index in [9.17, 15) is 9.59 Å². The summed E-state index contributed by atoms with van der Waals surface area (Å²) in [6, 6.07) is 1.74. The van der Waals surface area contributed by atoms with E-state index in [2.05, 4.69) is 5.32 Å². The van der Waals surface area contributed by atoms with Gasteiger partial charge in [0, 0.05) is 10.8 Å². The van der Waals surface area contributed by atoms with Crippen LogP contribution >= 0.6 is 11.3 Å². The number of rotatable bonds is 3. The molecule has 5 heteroatoms. The van der Waals surface area contributed by atoms with Crippen molar-refractivity contribution in [3.05, 3.63) is 16.5 Å². The van der Waals surface area contributed by atoms with E-state index in [4.69, 9.17) is 5.73 Å². The summed E-state index contributed by atoms with van der Waals surface area (Å²) in [6.07, 6.45) is 4.84. The van der Waals surface area contributed by atoms with E-state index >= 15 is 0 Å². The van der Waals surface area contributed by atoms with Gasteiger partial charge >= 0.3 is 0 Å². The van der Waals surface area contributed by atoms with Crippen LogP contribution in [0.5, 0.6) is 0 Å². The maximum Gasteiger partial charge on any atom is 0.251 e. The highest BCUT2D eigenvalue weighted by atomic mass is 32.1. The van der Waals surface area contributed by atoms with Crippen LogP contribution in [0.25, 0.3) is 0 Å². The molecule has 2 aliphatic carbocycles. The van der Waals surface area contributed by atoms with Gasteiger partial charge in [0.25, 0.3) is 5.91 Å². The van der Waals surface area contributed by atoms with Crippen LogP contribution in [-0.2, 0) is 4.79 Å². The van der Waals surface area contributed by atoms with Gasteiger partial charge in [0.1, 0.15) is 5.00 Å². The van der Waals surface area contributed by atoms with Crippen molar-refractivity contribution >= 4 is 28.2 Å². The minimum atomic E-state index is -0.479. The van der Waals surface area contributed by atoms with Crippen molar-refractivity contribution in [2.75, 3.05) is 5.32 Å². The predicted octanol–water partition coefficient (Wildman–Crippen LogP) is 2.53. The largest absolute Gasteiger partial charge is 0.366 e. The zero-order chi connectivity index (χ0) is 13.6. The fraction of sp³-hybridized carbons (Fsp3) is 0.571. The van der Waals surface area contributed by atoms with E-state index in [-0.39, 0.29) is 11.8 Å².